The molecule has 0 aliphatic carbocycles. The normalized spacial score (nSPS) is 27.0. The van der Waals surface area contributed by atoms with Gasteiger partial charge in [0, 0.05) is 25.7 Å². The Bertz CT molecular complexity index is 473. The van der Waals surface area contributed by atoms with Crippen molar-refractivity contribution in [2.75, 3.05) is 39.9 Å². The van der Waals surface area contributed by atoms with E-state index >= 15 is 0 Å². The van der Waals surface area contributed by atoms with E-state index in [1.807, 2.05) is 19.1 Å². The Morgan fingerprint density at radius 3 is 2.79 bits per heavy atom. The third kappa shape index (κ3) is 2.18. The summed E-state index contributed by atoms with van der Waals surface area (Å²) in [6.07, 6.45) is 0. The standard InChI is InChI=1S/C15H21FN2O/c1-11-7-12(3-4-13(11)16)15(9-19-10-15)14-8-18(2)6-5-17-14/h3-4,7,14,17H,5-6,8-10H2,1-2H3. The lowest BCUT2D eigenvalue weighted by Gasteiger charge is -2.50. The molecule has 0 amide bonds. The highest BCUT2D eigenvalue weighted by molar-refractivity contribution is 5.35. The van der Waals surface area contributed by atoms with Crippen LogP contribution < -0.4 is 5.32 Å². The predicted octanol–water partition coefficient (Wildman–Crippen LogP) is 1.31. The minimum Gasteiger partial charge on any atom is -0.379 e. The van der Waals surface area contributed by atoms with Gasteiger partial charge >= 0.3 is 0 Å². The van der Waals surface area contributed by atoms with Crippen LogP contribution in [0.4, 0.5) is 4.39 Å². The van der Waals surface area contributed by atoms with Crippen molar-refractivity contribution in [2.45, 2.75) is 18.4 Å². The van der Waals surface area contributed by atoms with E-state index < -0.39 is 0 Å². The Balaban J connectivity index is 1.91. The van der Waals surface area contributed by atoms with E-state index in [0.29, 0.717) is 11.6 Å². The van der Waals surface area contributed by atoms with Gasteiger partial charge in [0.1, 0.15) is 5.82 Å². The van der Waals surface area contributed by atoms with Gasteiger partial charge in [0.2, 0.25) is 0 Å². The lowest BCUT2D eigenvalue weighted by Crippen LogP contribution is -2.66. The first-order chi connectivity index (χ1) is 9.12. The van der Waals surface area contributed by atoms with Crippen LogP contribution in [0.3, 0.4) is 0 Å². The minimum atomic E-state index is -0.132. The monoisotopic (exact) mass is 264 g/mol. The number of nitrogens with one attached hydrogen (secondary N) is 1. The van der Waals surface area contributed by atoms with Crippen molar-refractivity contribution in [3.63, 3.8) is 0 Å². The largest absolute Gasteiger partial charge is 0.379 e. The first-order valence-electron chi connectivity index (χ1n) is 6.88. The van der Waals surface area contributed by atoms with Crippen molar-refractivity contribution in [2.24, 2.45) is 0 Å². The smallest absolute Gasteiger partial charge is 0.126 e. The summed E-state index contributed by atoms with van der Waals surface area (Å²) in [7, 11) is 2.15. The molecule has 1 atom stereocenters. The molecule has 2 fully saturated rings. The van der Waals surface area contributed by atoms with Gasteiger partial charge in [0.25, 0.3) is 0 Å². The number of hydrogen-bond donors (Lipinski definition) is 1. The Morgan fingerprint density at radius 1 is 1.42 bits per heavy atom. The molecule has 2 heterocycles. The van der Waals surface area contributed by atoms with E-state index in [4.69, 9.17) is 4.74 Å². The van der Waals surface area contributed by atoms with Gasteiger partial charge in [0.05, 0.1) is 18.6 Å². The Morgan fingerprint density at radius 2 is 2.21 bits per heavy atom. The molecule has 3 nitrogen and oxygen atoms in total. The van der Waals surface area contributed by atoms with Crippen molar-refractivity contribution in [1.82, 2.24) is 10.2 Å². The van der Waals surface area contributed by atoms with Crippen LogP contribution in [0.25, 0.3) is 0 Å². The number of halogens is 1. The maximum absolute atomic E-state index is 13.5. The highest BCUT2D eigenvalue weighted by Gasteiger charge is 2.48. The molecular formula is C15H21FN2O. The summed E-state index contributed by atoms with van der Waals surface area (Å²) < 4.78 is 19.0. The third-order valence-corrected chi connectivity index (χ3v) is 4.50. The number of nitrogens with zero attached hydrogens (tertiary/aromatic N) is 1. The molecule has 0 aromatic heterocycles. The predicted molar refractivity (Wildman–Crippen MR) is 72.9 cm³/mol. The summed E-state index contributed by atoms with van der Waals surface area (Å²) >= 11 is 0. The van der Waals surface area contributed by atoms with Gasteiger partial charge in [0.15, 0.2) is 0 Å². The van der Waals surface area contributed by atoms with E-state index in [1.54, 1.807) is 6.07 Å². The van der Waals surface area contributed by atoms with E-state index in [1.165, 1.54) is 5.56 Å². The Labute approximate surface area is 113 Å². The zero-order valence-electron chi connectivity index (χ0n) is 11.6. The molecule has 0 spiro atoms. The highest BCUT2D eigenvalue weighted by Crippen LogP contribution is 2.37. The molecule has 0 radical (unpaired) electrons. The topological polar surface area (TPSA) is 24.5 Å². The molecular weight excluding hydrogens is 243 g/mol. The molecule has 1 aromatic carbocycles. The summed E-state index contributed by atoms with van der Waals surface area (Å²) in [5.74, 6) is -0.132. The van der Waals surface area contributed by atoms with Crippen LogP contribution >= 0.6 is 0 Å². The molecule has 3 rings (SSSR count). The fourth-order valence-electron chi connectivity index (χ4n) is 3.11. The molecule has 1 unspecified atom stereocenters. The number of ether oxygens (including phenoxy) is 1. The van der Waals surface area contributed by atoms with Crippen LogP contribution in [0.15, 0.2) is 18.2 Å². The first kappa shape index (κ1) is 13.0. The maximum Gasteiger partial charge on any atom is 0.126 e. The summed E-state index contributed by atoms with van der Waals surface area (Å²) in [5.41, 5.74) is 1.92. The van der Waals surface area contributed by atoms with Gasteiger partial charge in [-0.05, 0) is 31.2 Å². The minimum absolute atomic E-state index is 0.00708. The number of rotatable bonds is 2. The highest BCUT2D eigenvalue weighted by atomic mass is 19.1. The molecule has 104 valence electrons. The van der Waals surface area contributed by atoms with Gasteiger partial charge in [-0.1, -0.05) is 12.1 Å². The Kier molecular flexibility index (Phi) is 3.33. The Hall–Kier alpha value is -0.970. The van der Waals surface area contributed by atoms with Gasteiger partial charge < -0.3 is 15.0 Å². The summed E-state index contributed by atoms with van der Waals surface area (Å²) in [4.78, 5) is 2.34. The van der Waals surface area contributed by atoms with E-state index in [2.05, 4.69) is 17.3 Å². The average molecular weight is 264 g/mol. The summed E-state index contributed by atoms with van der Waals surface area (Å²) in [5, 5.41) is 3.61. The molecule has 0 bridgehead atoms. The van der Waals surface area contributed by atoms with E-state index in [0.717, 1.165) is 32.8 Å². The van der Waals surface area contributed by atoms with Gasteiger partial charge in [-0.2, -0.15) is 0 Å². The second kappa shape index (κ2) is 4.85. The summed E-state index contributed by atoms with van der Waals surface area (Å²) in [6.45, 7) is 6.37. The molecule has 4 heteroatoms. The fraction of sp³-hybridized carbons (Fsp3) is 0.600. The fourth-order valence-corrected chi connectivity index (χ4v) is 3.11. The molecule has 1 aromatic rings. The lowest BCUT2D eigenvalue weighted by molar-refractivity contribution is -0.0865. The average Bonchev–Trinajstić information content (AvgIpc) is 2.32. The van der Waals surface area contributed by atoms with Crippen LogP contribution in [0.1, 0.15) is 11.1 Å². The van der Waals surface area contributed by atoms with Crippen molar-refractivity contribution in [3.05, 3.63) is 35.1 Å². The zero-order chi connectivity index (χ0) is 13.5. The van der Waals surface area contributed by atoms with Gasteiger partial charge in [-0.15, -0.1) is 0 Å². The quantitative estimate of drug-likeness (QED) is 0.871. The van der Waals surface area contributed by atoms with Crippen LogP contribution in [0.5, 0.6) is 0 Å². The third-order valence-electron chi connectivity index (χ3n) is 4.50. The van der Waals surface area contributed by atoms with Crippen LogP contribution in [0.2, 0.25) is 0 Å². The molecule has 2 aliphatic heterocycles. The van der Waals surface area contributed by atoms with E-state index in [9.17, 15) is 4.39 Å². The molecule has 1 N–H and O–H groups in total. The van der Waals surface area contributed by atoms with Crippen LogP contribution in [-0.4, -0.2) is 50.8 Å². The van der Waals surface area contributed by atoms with Crippen LogP contribution in [-0.2, 0) is 10.2 Å². The number of benzene rings is 1. The lowest BCUT2D eigenvalue weighted by atomic mass is 9.71. The maximum atomic E-state index is 13.5. The number of aryl methyl sites for hydroxylation is 1. The molecule has 19 heavy (non-hydrogen) atoms. The number of piperazine rings is 1. The second-order valence-electron chi connectivity index (χ2n) is 5.88. The molecule has 2 aliphatic rings. The summed E-state index contributed by atoms with van der Waals surface area (Å²) in [6, 6.07) is 5.86. The number of hydrogen-bond acceptors (Lipinski definition) is 3. The number of likely N-dealkylation sites (N-methyl/N-ethyl adjacent to an activating group) is 1. The SMILES string of the molecule is Cc1cc(C2(C3CN(C)CCN3)COC2)ccc1F. The van der Waals surface area contributed by atoms with Gasteiger partial charge in [-0.25, -0.2) is 4.39 Å². The zero-order valence-corrected chi connectivity index (χ0v) is 11.6. The molecule has 2 saturated heterocycles. The van der Waals surface area contributed by atoms with Crippen molar-refractivity contribution >= 4 is 0 Å². The second-order valence-corrected chi connectivity index (χ2v) is 5.88. The van der Waals surface area contributed by atoms with Crippen molar-refractivity contribution < 1.29 is 9.13 Å². The van der Waals surface area contributed by atoms with Crippen LogP contribution in [0, 0.1) is 12.7 Å². The van der Waals surface area contributed by atoms with Crippen molar-refractivity contribution in [3.8, 4) is 0 Å². The molecule has 0 saturated carbocycles. The first-order valence-corrected chi connectivity index (χ1v) is 6.88. The van der Waals surface area contributed by atoms with Crippen molar-refractivity contribution in [1.29, 1.82) is 0 Å². The van der Waals surface area contributed by atoms with Gasteiger partial charge in [-0.3, -0.25) is 0 Å². The van der Waals surface area contributed by atoms with E-state index in [-0.39, 0.29) is 11.2 Å².